The Morgan fingerprint density at radius 1 is 1.15 bits per heavy atom. The third-order valence-corrected chi connectivity index (χ3v) is 6.34. The van der Waals surface area contributed by atoms with Crippen molar-refractivity contribution in [3.8, 4) is 5.75 Å². The van der Waals surface area contributed by atoms with Crippen molar-refractivity contribution >= 4 is 17.7 Å². The molecular formula is C26H27N3O5. The lowest BCUT2D eigenvalue weighted by Gasteiger charge is -2.31. The molecule has 8 heteroatoms. The van der Waals surface area contributed by atoms with Gasteiger partial charge >= 0.3 is 0 Å². The number of hydrogen-bond donors (Lipinski definition) is 1. The van der Waals surface area contributed by atoms with Crippen LogP contribution in [-0.2, 0) is 34.0 Å². The van der Waals surface area contributed by atoms with E-state index in [0.29, 0.717) is 55.3 Å². The maximum absolute atomic E-state index is 13.1. The number of rotatable bonds is 6. The standard InChI is InChI=1S/C26H27N3O5/c1-17-5-10-22(25(31)27-17)29-14-21-20(26(29)32)3-2-4-23(21)34-15-19-8-6-18(7-9-19)13-28-11-12-33-16-24(28)30/h2-4,6-9,22H,1,5,10-16H2,(H,27,31)/i22D. The number of ether oxygens (including phenoxy) is 2. The van der Waals surface area contributed by atoms with E-state index in [1.54, 1.807) is 23.1 Å². The average Bonchev–Trinajstić information content (AvgIpc) is 3.20. The second-order valence-electron chi connectivity index (χ2n) is 8.65. The molecular weight excluding hydrogens is 434 g/mol. The normalized spacial score (nSPS) is 23.0. The highest BCUT2D eigenvalue weighted by molar-refractivity contribution is 6.02. The predicted molar refractivity (Wildman–Crippen MR) is 124 cm³/mol. The highest BCUT2D eigenvalue weighted by atomic mass is 16.5. The zero-order valence-electron chi connectivity index (χ0n) is 19.8. The Balaban J connectivity index is 1.26. The number of fused-ring (bicyclic) bond motifs is 1. The summed E-state index contributed by atoms with van der Waals surface area (Å²) >= 11 is 0. The number of amides is 3. The van der Waals surface area contributed by atoms with Crippen LogP contribution in [-0.4, -0.2) is 53.3 Å². The zero-order valence-corrected chi connectivity index (χ0v) is 18.8. The van der Waals surface area contributed by atoms with Crippen LogP contribution in [0, 0.1) is 0 Å². The Kier molecular flexibility index (Phi) is 5.73. The van der Waals surface area contributed by atoms with E-state index in [0.717, 1.165) is 11.1 Å². The Bertz CT molecular complexity index is 1200. The highest BCUT2D eigenvalue weighted by Gasteiger charge is 2.39. The number of morpholine rings is 1. The number of nitrogens with zero attached hydrogens (tertiary/aromatic N) is 2. The van der Waals surface area contributed by atoms with Crippen molar-refractivity contribution in [1.82, 2.24) is 15.1 Å². The Labute approximate surface area is 199 Å². The minimum atomic E-state index is -1.67. The summed E-state index contributed by atoms with van der Waals surface area (Å²) in [5, 5.41) is 2.61. The van der Waals surface area contributed by atoms with Gasteiger partial charge in [0, 0.05) is 29.9 Å². The van der Waals surface area contributed by atoms with Crippen LogP contribution in [0.25, 0.3) is 0 Å². The molecule has 3 aliphatic heterocycles. The maximum atomic E-state index is 13.1. The molecule has 1 N–H and O–H groups in total. The predicted octanol–water partition coefficient (Wildman–Crippen LogP) is 2.37. The molecule has 3 amide bonds. The van der Waals surface area contributed by atoms with E-state index in [-0.39, 0.29) is 31.4 Å². The Hall–Kier alpha value is -3.65. The van der Waals surface area contributed by atoms with Gasteiger partial charge in [0.05, 0.1) is 14.5 Å². The maximum Gasteiger partial charge on any atom is 0.255 e. The molecule has 0 radical (unpaired) electrons. The quantitative estimate of drug-likeness (QED) is 0.712. The Morgan fingerprint density at radius 3 is 2.71 bits per heavy atom. The summed E-state index contributed by atoms with van der Waals surface area (Å²) in [7, 11) is 0. The molecule has 2 fully saturated rings. The molecule has 3 aliphatic rings. The van der Waals surface area contributed by atoms with Crippen molar-refractivity contribution in [2.75, 3.05) is 19.8 Å². The molecule has 8 nitrogen and oxygen atoms in total. The summed E-state index contributed by atoms with van der Waals surface area (Å²) in [6.45, 7) is 6.02. The van der Waals surface area contributed by atoms with Crippen LogP contribution in [0.2, 0.25) is 0 Å². The van der Waals surface area contributed by atoms with Crippen LogP contribution in [0.3, 0.4) is 0 Å². The van der Waals surface area contributed by atoms with E-state index in [1.165, 1.54) is 4.90 Å². The molecule has 5 rings (SSSR count). The van der Waals surface area contributed by atoms with Crippen molar-refractivity contribution in [2.45, 2.75) is 38.6 Å². The number of piperidine rings is 1. The number of hydrogen-bond acceptors (Lipinski definition) is 5. The van der Waals surface area contributed by atoms with E-state index in [2.05, 4.69) is 11.9 Å². The summed E-state index contributed by atoms with van der Waals surface area (Å²) in [4.78, 5) is 40.7. The number of allylic oxidation sites excluding steroid dienone is 1. The molecule has 0 bridgehead atoms. The minimum Gasteiger partial charge on any atom is -0.489 e. The van der Waals surface area contributed by atoms with E-state index in [1.807, 2.05) is 24.3 Å². The van der Waals surface area contributed by atoms with Crippen LogP contribution in [0.15, 0.2) is 54.7 Å². The van der Waals surface area contributed by atoms with Crippen molar-refractivity contribution < 1.29 is 25.2 Å². The van der Waals surface area contributed by atoms with Gasteiger partial charge < -0.3 is 24.6 Å². The van der Waals surface area contributed by atoms with Gasteiger partial charge in [-0.2, -0.15) is 0 Å². The molecule has 34 heavy (non-hydrogen) atoms. The number of benzene rings is 2. The number of carbonyl (C=O) groups is 3. The van der Waals surface area contributed by atoms with Gasteiger partial charge in [-0.15, -0.1) is 0 Å². The smallest absolute Gasteiger partial charge is 0.255 e. The lowest BCUT2D eigenvalue weighted by molar-refractivity contribution is -0.143. The first-order chi connectivity index (χ1) is 16.8. The average molecular weight is 463 g/mol. The lowest BCUT2D eigenvalue weighted by atomic mass is 10.0. The molecule has 0 saturated carbocycles. The van der Waals surface area contributed by atoms with Gasteiger partial charge in [-0.1, -0.05) is 36.9 Å². The number of carbonyl (C=O) groups excluding carboxylic acids is 3. The summed E-state index contributed by atoms with van der Waals surface area (Å²) in [6, 6.07) is 11.4. The molecule has 2 saturated heterocycles. The van der Waals surface area contributed by atoms with Crippen LogP contribution < -0.4 is 10.1 Å². The van der Waals surface area contributed by atoms with Gasteiger partial charge in [-0.3, -0.25) is 14.4 Å². The fraction of sp³-hybridized carbons (Fsp3) is 0.346. The summed E-state index contributed by atoms with van der Waals surface area (Å²) in [5.41, 5.74) is 3.68. The molecule has 3 heterocycles. The molecule has 2 aromatic rings. The van der Waals surface area contributed by atoms with Crippen molar-refractivity contribution in [3.05, 3.63) is 77.0 Å². The van der Waals surface area contributed by atoms with Gasteiger partial charge in [-0.05, 0) is 36.1 Å². The van der Waals surface area contributed by atoms with Crippen LogP contribution >= 0.6 is 0 Å². The van der Waals surface area contributed by atoms with Crippen LogP contribution in [0.1, 0.15) is 41.3 Å². The van der Waals surface area contributed by atoms with Crippen molar-refractivity contribution in [3.63, 3.8) is 0 Å². The third kappa shape index (κ3) is 4.41. The second-order valence-corrected chi connectivity index (χ2v) is 8.65. The molecule has 1 unspecified atom stereocenters. The first kappa shape index (κ1) is 20.9. The summed E-state index contributed by atoms with van der Waals surface area (Å²) in [5.74, 6) is -0.317. The molecule has 176 valence electrons. The summed E-state index contributed by atoms with van der Waals surface area (Å²) < 4.78 is 20.0. The molecule has 2 aromatic carbocycles. The van der Waals surface area contributed by atoms with Gasteiger partial charge in [0.1, 0.15) is 25.0 Å². The van der Waals surface area contributed by atoms with Crippen LogP contribution in [0.4, 0.5) is 0 Å². The second kappa shape index (κ2) is 9.30. The minimum absolute atomic E-state index is 0.00437. The van der Waals surface area contributed by atoms with Gasteiger partial charge in [0.15, 0.2) is 0 Å². The largest absolute Gasteiger partial charge is 0.489 e. The van der Waals surface area contributed by atoms with Crippen molar-refractivity contribution in [2.24, 2.45) is 0 Å². The number of nitrogens with one attached hydrogen (secondary N) is 1. The van der Waals surface area contributed by atoms with E-state index >= 15 is 0 Å². The highest BCUT2D eigenvalue weighted by Crippen LogP contribution is 2.34. The van der Waals surface area contributed by atoms with E-state index in [9.17, 15) is 14.4 Å². The molecule has 0 aromatic heterocycles. The van der Waals surface area contributed by atoms with Gasteiger partial charge in [-0.25, -0.2) is 0 Å². The molecule has 0 aliphatic carbocycles. The molecule has 1 atom stereocenters. The van der Waals surface area contributed by atoms with Crippen molar-refractivity contribution in [1.29, 1.82) is 0 Å². The topological polar surface area (TPSA) is 88.2 Å². The third-order valence-electron chi connectivity index (χ3n) is 6.34. The molecule has 0 spiro atoms. The monoisotopic (exact) mass is 462 g/mol. The lowest BCUT2D eigenvalue weighted by Crippen LogP contribution is -2.49. The fourth-order valence-corrected chi connectivity index (χ4v) is 4.43. The SMILES string of the molecule is [2H]C1(N2Cc3c(OCc4ccc(CN5CCOCC5=O)cc4)cccc3C2=O)CCC(=C)NC1=O. The van der Waals surface area contributed by atoms with Gasteiger partial charge in [0.25, 0.3) is 5.91 Å². The Morgan fingerprint density at radius 2 is 1.94 bits per heavy atom. The van der Waals surface area contributed by atoms with Crippen LogP contribution in [0.5, 0.6) is 5.75 Å². The zero-order chi connectivity index (χ0) is 24.6. The first-order valence-corrected chi connectivity index (χ1v) is 11.3. The summed E-state index contributed by atoms with van der Waals surface area (Å²) in [6.07, 6.45) is 0.657. The van der Waals surface area contributed by atoms with E-state index < -0.39 is 11.9 Å². The fourth-order valence-electron chi connectivity index (χ4n) is 4.43. The first-order valence-electron chi connectivity index (χ1n) is 11.8. The van der Waals surface area contributed by atoms with E-state index in [4.69, 9.17) is 10.8 Å². The van der Waals surface area contributed by atoms with Gasteiger partial charge in [0.2, 0.25) is 11.8 Å².